The number of anilines is 1. The van der Waals surface area contributed by atoms with Gasteiger partial charge in [-0.25, -0.2) is 4.98 Å². The van der Waals surface area contributed by atoms with Crippen LogP contribution in [0.1, 0.15) is 11.1 Å². The molecule has 0 radical (unpaired) electrons. The fourth-order valence-corrected chi connectivity index (χ4v) is 2.60. The number of aromatic amines is 1. The molecule has 0 bridgehead atoms. The summed E-state index contributed by atoms with van der Waals surface area (Å²) in [5.74, 6) is 0. The lowest BCUT2D eigenvalue weighted by Gasteiger charge is -2.10. The van der Waals surface area contributed by atoms with E-state index in [1.54, 1.807) is 0 Å². The number of halogens is 3. The Labute approximate surface area is 125 Å². The number of H-pyrrole nitrogens is 1. The Kier molecular flexibility index (Phi) is 3.28. The number of benzene rings is 2. The van der Waals surface area contributed by atoms with Gasteiger partial charge in [0.05, 0.1) is 16.8 Å². The van der Waals surface area contributed by atoms with Crippen LogP contribution >= 0.6 is 0 Å². The molecular formula is C17H14F3N2+. The van der Waals surface area contributed by atoms with Gasteiger partial charge >= 0.3 is 6.18 Å². The third-order valence-electron chi connectivity index (χ3n) is 3.71. The lowest BCUT2D eigenvalue weighted by Crippen LogP contribution is -2.13. The van der Waals surface area contributed by atoms with Gasteiger partial charge in [0.1, 0.15) is 0 Å². The first-order valence-corrected chi connectivity index (χ1v) is 6.75. The van der Waals surface area contributed by atoms with Gasteiger partial charge in [-0.3, -0.25) is 0 Å². The average molecular weight is 303 g/mol. The summed E-state index contributed by atoms with van der Waals surface area (Å²) in [5, 5.41) is 1.83. The maximum atomic E-state index is 12.9. The van der Waals surface area contributed by atoms with E-state index in [0.29, 0.717) is 16.9 Å². The Morgan fingerprint density at radius 1 is 1.00 bits per heavy atom. The minimum Gasteiger partial charge on any atom is -0.398 e. The second kappa shape index (κ2) is 5.02. The SMILES string of the molecule is Cc1cc(-c2cc(C(F)(F)F)cc[nH+]2)c(N)c2ccccc12. The normalized spacial score (nSPS) is 11.8. The quantitative estimate of drug-likeness (QED) is 0.671. The number of hydrogen-bond acceptors (Lipinski definition) is 1. The van der Waals surface area contributed by atoms with Gasteiger partial charge in [0.25, 0.3) is 0 Å². The first-order valence-electron chi connectivity index (χ1n) is 6.75. The van der Waals surface area contributed by atoms with E-state index < -0.39 is 11.7 Å². The molecule has 3 N–H and O–H groups in total. The largest absolute Gasteiger partial charge is 0.416 e. The van der Waals surface area contributed by atoms with E-state index in [4.69, 9.17) is 5.73 Å². The molecule has 3 rings (SSSR count). The summed E-state index contributed by atoms with van der Waals surface area (Å²) < 4.78 is 38.6. The minimum atomic E-state index is -4.38. The monoisotopic (exact) mass is 303 g/mol. The van der Waals surface area contributed by atoms with Crippen LogP contribution in [0.15, 0.2) is 48.7 Å². The summed E-state index contributed by atoms with van der Waals surface area (Å²) in [6, 6.07) is 11.5. The maximum absolute atomic E-state index is 12.9. The minimum absolute atomic E-state index is 0.348. The first-order chi connectivity index (χ1) is 10.4. The van der Waals surface area contributed by atoms with Crippen molar-refractivity contribution >= 4 is 16.5 Å². The molecule has 0 aliphatic rings. The van der Waals surface area contributed by atoms with Crippen molar-refractivity contribution < 1.29 is 18.2 Å². The number of aryl methyl sites for hydroxylation is 1. The molecule has 0 fully saturated rings. The summed E-state index contributed by atoms with van der Waals surface area (Å²) in [6.45, 7) is 1.92. The van der Waals surface area contributed by atoms with Gasteiger partial charge in [0.15, 0.2) is 6.20 Å². The van der Waals surface area contributed by atoms with Crippen molar-refractivity contribution in [2.24, 2.45) is 0 Å². The third-order valence-corrected chi connectivity index (χ3v) is 3.71. The molecule has 0 unspecified atom stereocenters. The van der Waals surface area contributed by atoms with E-state index in [1.807, 2.05) is 37.3 Å². The van der Waals surface area contributed by atoms with E-state index in [2.05, 4.69) is 4.98 Å². The molecule has 3 aromatic rings. The Morgan fingerprint density at radius 2 is 1.68 bits per heavy atom. The zero-order chi connectivity index (χ0) is 15.9. The molecule has 2 nitrogen and oxygen atoms in total. The number of aromatic nitrogens is 1. The lowest BCUT2D eigenvalue weighted by atomic mass is 9.97. The van der Waals surface area contributed by atoms with Crippen molar-refractivity contribution in [2.45, 2.75) is 13.1 Å². The van der Waals surface area contributed by atoms with Gasteiger partial charge in [0, 0.05) is 17.5 Å². The van der Waals surface area contributed by atoms with Crippen molar-refractivity contribution in [3.63, 3.8) is 0 Å². The summed E-state index contributed by atoms with van der Waals surface area (Å²) in [5.41, 5.74) is 7.83. The van der Waals surface area contributed by atoms with Gasteiger partial charge in [-0.2, -0.15) is 13.2 Å². The fraction of sp³-hybridized carbons (Fsp3) is 0.118. The molecule has 0 saturated carbocycles. The number of hydrogen-bond donors (Lipinski definition) is 1. The van der Waals surface area contributed by atoms with Crippen LogP contribution in [0.2, 0.25) is 0 Å². The Balaban J connectivity index is 2.25. The van der Waals surface area contributed by atoms with Crippen LogP contribution in [0.5, 0.6) is 0 Å². The molecule has 0 atom stereocenters. The predicted octanol–water partition coefficient (Wildman–Crippen LogP) is 4.23. The zero-order valence-electron chi connectivity index (χ0n) is 11.8. The number of nitrogens with two attached hydrogens (primary N) is 1. The summed E-state index contributed by atoms with van der Waals surface area (Å²) >= 11 is 0. The number of nitrogen functional groups attached to an aromatic ring is 1. The Hall–Kier alpha value is -2.56. The van der Waals surface area contributed by atoms with Crippen LogP contribution in [-0.2, 0) is 6.18 Å². The van der Waals surface area contributed by atoms with E-state index in [0.717, 1.165) is 28.5 Å². The molecule has 1 heterocycles. The summed E-state index contributed by atoms with van der Waals surface area (Å²) in [6.07, 6.45) is -3.10. The highest BCUT2D eigenvalue weighted by atomic mass is 19.4. The van der Waals surface area contributed by atoms with Crippen molar-refractivity contribution in [1.29, 1.82) is 0 Å². The van der Waals surface area contributed by atoms with Crippen LogP contribution in [0.4, 0.5) is 18.9 Å². The second-order valence-electron chi connectivity index (χ2n) is 5.19. The molecule has 0 amide bonds. The third kappa shape index (κ3) is 2.39. The van der Waals surface area contributed by atoms with E-state index in [-0.39, 0.29) is 0 Å². The molecule has 5 heteroatoms. The van der Waals surface area contributed by atoms with Crippen LogP contribution in [0.3, 0.4) is 0 Å². The van der Waals surface area contributed by atoms with Crippen LogP contribution in [-0.4, -0.2) is 0 Å². The van der Waals surface area contributed by atoms with E-state index in [9.17, 15) is 13.2 Å². The molecule has 0 spiro atoms. The fourth-order valence-electron chi connectivity index (χ4n) is 2.60. The molecule has 2 aromatic carbocycles. The van der Waals surface area contributed by atoms with Crippen LogP contribution in [0.25, 0.3) is 22.0 Å². The molecule has 0 saturated heterocycles. The van der Waals surface area contributed by atoms with Crippen molar-refractivity contribution in [3.8, 4) is 11.3 Å². The van der Waals surface area contributed by atoms with Gasteiger partial charge in [-0.1, -0.05) is 24.3 Å². The first kappa shape index (κ1) is 14.4. The highest BCUT2D eigenvalue weighted by Crippen LogP contribution is 2.35. The van der Waals surface area contributed by atoms with Gasteiger partial charge in [0.2, 0.25) is 5.69 Å². The Morgan fingerprint density at radius 3 is 2.36 bits per heavy atom. The van der Waals surface area contributed by atoms with Crippen molar-refractivity contribution in [1.82, 2.24) is 0 Å². The highest BCUT2D eigenvalue weighted by Gasteiger charge is 2.32. The van der Waals surface area contributed by atoms with Gasteiger partial charge in [-0.05, 0) is 23.9 Å². The van der Waals surface area contributed by atoms with Crippen molar-refractivity contribution in [3.05, 3.63) is 59.8 Å². The molecule has 1 aromatic heterocycles. The second-order valence-corrected chi connectivity index (χ2v) is 5.19. The standard InChI is InChI=1S/C17H13F3N2/c1-10-8-14(16(21)13-5-3-2-4-12(10)13)15-9-11(6-7-22-15)17(18,19)20/h2-9H,21H2,1H3/p+1. The van der Waals surface area contributed by atoms with Crippen LogP contribution in [0, 0.1) is 6.92 Å². The van der Waals surface area contributed by atoms with Gasteiger partial charge < -0.3 is 5.73 Å². The molecule has 0 aliphatic heterocycles. The molecule has 22 heavy (non-hydrogen) atoms. The highest BCUT2D eigenvalue weighted by molar-refractivity contribution is 6.01. The maximum Gasteiger partial charge on any atom is 0.416 e. The average Bonchev–Trinajstić information content (AvgIpc) is 2.50. The zero-order valence-corrected chi connectivity index (χ0v) is 11.8. The Bertz CT molecular complexity index is 854. The molecule has 0 aliphatic carbocycles. The summed E-state index contributed by atoms with van der Waals surface area (Å²) in [7, 11) is 0. The number of rotatable bonds is 1. The number of pyridine rings is 1. The lowest BCUT2D eigenvalue weighted by molar-refractivity contribution is -0.365. The number of fused-ring (bicyclic) bond motifs is 1. The molecular weight excluding hydrogens is 289 g/mol. The topological polar surface area (TPSA) is 40.2 Å². The van der Waals surface area contributed by atoms with E-state index >= 15 is 0 Å². The van der Waals surface area contributed by atoms with E-state index in [1.165, 1.54) is 6.20 Å². The predicted molar refractivity (Wildman–Crippen MR) is 80.1 cm³/mol. The number of nitrogens with one attached hydrogen (secondary N) is 1. The molecule has 112 valence electrons. The smallest absolute Gasteiger partial charge is 0.398 e. The number of alkyl halides is 3. The van der Waals surface area contributed by atoms with Gasteiger partial charge in [-0.15, -0.1) is 0 Å². The van der Waals surface area contributed by atoms with Crippen LogP contribution < -0.4 is 10.7 Å². The van der Waals surface area contributed by atoms with Crippen molar-refractivity contribution in [2.75, 3.05) is 5.73 Å². The summed E-state index contributed by atoms with van der Waals surface area (Å²) in [4.78, 5) is 2.85.